The molecule has 0 aromatic heterocycles. The van der Waals surface area contributed by atoms with Crippen LogP contribution in [0.25, 0.3) is 0 Å². The molecular formula is C27H44O3. The molecule has 1 saturated carbocycles. The molecule has 1 fully saturated rings. The monoisotopic (exact) mass is 416 g/mol. The minimum Gasteiger partial charge on any atom is -0.494 e. The van der Waals surface area contributed by atoms with Gasteiger partial charge in [-0.3, -0.25) is 0 Å². The molecule has 1 aromatic rings. The average molecular weight is 417 g/mol. The first kappa shape index (κ1) is 24.8. The van der Waals surface area contributed by atoms with Crippen LogP contribution in [0.5, 0.6) is 5.75 Å². The maximum Gasteiger partial charge on any atom is 0.338 e. The number of esters is 1. The van der Waals surface area contributed by atoms with Crippen molar-refractivity contribution in [3.63, 3.8) is 0 Å². The van der Waals surface area contributed by atoms with Gasteiger partial charge in [0.1, 0.15) is 5.75 Å². The summed E-state index contributed by atoms with van der Waals surface area (Å²) in [5.41, 5.74) is 0.598. The van der Waals surface area contributed by atoms with E-state index < -0.39 is 0 Å². The second-order valence-corrected chi connectivity index (χ2v) is 9.09. The predicted octanol–water partition coefficient (Wildman–Crippen LogP) is 7.97. The van der Waals surface area contributed by atoms with Gasteiger partial charge in [0.15, 0.2) is 0 Å². The highest BCUT2D eigenvalue weighted by molar-refractivity contribution is 5.89. The number of benzene rings is 1. The van der Waals surface area contributed by atoms with Crippen molar-refractivity contribution in [2.75, 3.05) is 13.2 Å². The van der Waals surface area contributed by atoms with Gasteiger partial charge in [-0.1, -0.05) is 84.5 Å². The van der Waals surface area contributed by atoms with Gasteiger partial charge in [-0.15, -0.1) is 0 Å². The third-order valence-corrected chi connectivity index (χ3v) is 6.53. The molecule has 0 heterocycles. The van der Waals surface area contributed by atoms with Crippen molar-refractivity contribution in [1.29, 1.82) is 0 Å². The molecule has 2 rings (SSSR count). The van der Waals surface area contributed by atoms with Gasteiger partial charge in [0.25, 0.3) is 0 Å². The maximum atomic E-state index is 11.9. The molecule has 0 amide bonds. The fraction of sp³-hybridized carbons (Fsp3) is 0.741. The van der Waals surface area contributed by atoms with Crippen molar-refractivity contribution in [1.82, 2.24) is 0 Å². The Labute approximate surface area is 184 Å². The van der Waals surface area contributed by atoms with Crippen molar-refractivity contribution >= 4 is 5.97 Å². The topological polar surface area (TPSA) is 35.5 Å². The Morgan fingerprint density at radius 1 is 0.767 bits per heavy atom. The van der Waals surface area contributed by atoms with Gasteiger partial charge in [-0.2, -0.15) is 0 Å². The zero-order valence-electron chi connectivity index (χ0n) is 19.5. The average Bonchev–Trinajstić information content (AvgIpc) is 2.78. The summed E-state index contributed by atoms with van der Waals surface area (Å²) in [7, 11) is 0. The van der Waals surface area contributed by atoms with Crippen LogP contribution in [-0.4, -0.2) is 19.2 Å². The molecule has 1 aliphatic carbocycles. The van der Waals surface area contributed by atoms with Crippen LogP contribution in [0.15, 0.2) is 24.3 Å². The largest absolute Gasteiger partial charge is 0.494 e. The van der Waals surface area contributed by atoms with Crippen molar-refractivity contribution in [3.05, 3.63) is 29.8 Å². The lowest BCUT2D eigenvalue weighted by molar-refractivity contribution is 0.0499. The van der Waals surface area contributed by atoms with Gasteiger partial charge < -0.3 is 9.47 Å². The molecule has 1 aromatic carbocycles. The zero-order valence-corrected chi connectivity index (χ0v) is 19.5. The van der Waals surface area contributed by atoms with Crippen LogP contribution in [-0.2, 0) is 4.74 Å². The van der Waals surface area contributed by atoms with Gasteiger partial charge in [0, 0.05) is 0 Å². The molecule has 1 aliphatic rings. The van der Waals surface area contributed by atoms with E-state index in [1.54, 1.807) is 12.1 Å². The van der Waals surface area contributed by atoms with Crippen LogP contribution in [0, 0.1) is 11.8 Å². The number of rotatable bonds is 15. The van der Waals surface area contributed by atoms with E-state index >= 15 is 0 Å². The summed E-state index contributed by atoms with van der Waals surface area (Å²) >= 11 is 0. The Hall–Kier alpha value is -1.51. The second kappa shape index (κ2) is 15.3. The molecular weight excluding hydrogens is 372 g/mol. The minimum atomic E-state index is -0.244. The number of hydrogen-bond donors (Lipinski definition) is 0. The molecule has 0 aliphatic heterocycles. The van der Waals surface area contributed by atoms with Crippen molar-refractivity contribution in [2.45, 2.75) is 104 Å². The van der Waals surface area contributed by atoms with Crippen LogP contribution < -0.4 is 4.74 Å². The van der Waals surface area contributed by atoms with Crippen molar-refractivity contribution in [2.24, 2.45) is 11.8 Å². The molecule has 3 heteroatoms. The molecule has 0 spiro atoms. The van der Waals surface area contributed by atoms with Crippen LogP contribution >= 0.6 is 0 Å². The molecule has 0 atom stereocenters. The van der Waals surface area contributed by atoms with Crippen LogP contribution in [0.1, 0.15) is 114 Å². The summed E-state index contributed by atoms with van der Waals surface area (Å²) < 4.78 is 11.1. The summed E-state index contributed by atoms with van der Waals surface area (Å²) in [5, 5.41) is 0. The molecule has 170 valence electrons. The van der Waals surface area contributed by atoms with Crippen molar-refractivity contribution < 1.29 is 14.3 Å². The second-order valence-electron chi connectivity index (χ2n) is 9.09. The van der Waals surface area contributed by atoms with Crippen LogP contribution in [0.3, 0.4) is 0 Å². The minimum absolute atomic E-state index is 0.244. The highest BCUT2D eigenvalue weighted by atomic mass is 16.5. The number of carbonyl (C=O) groups excluding carboxylic acids is 1. The fourth-order valence-corrected chi connectivity index (χ4v) is 4.49. The number of carbonyl (C=O) groups is 1. The quantitative estimate of drug-likeness (QED) is 0.215. The van der Waals surface area contributed by atoms with Gasteiger partial charge >= 0.3 is 5.97 Å². The fourth-order valence-electron chi connectivity index (χ4n) is 4.49. The van der Waals surface area contributed by atoms with Gasteiger partial charge in [0.2, 0.25) is 0 Å². The zero-order chi connectivity index (χ0) is 21.4. The summed E-state index contributed by atoms with van der Waals surface area (Å²) in [6.07, 6.45) is 18.6. The van der Waals surface area contributed by atoms with E-state index in [4.69, 9.17) is 9.47 Å². The predicted molar refractivity (Wildman–Crippen MR) is 125 cm³/mol. The summed E-state index contributed by atoms with van der Waals surface area (Å²) in [4.78, 5) is 11.9. The summed E-state index contributed by atoms with van der Waals surface area (Å²) in [6, 6.07) is 7.35. The van der Waals surface area contributed by atoms with Crippen LogP contribution in [0.2, 0.25) is 0 Å². The Kier molecular flexibility index (Phi) is 12.6. The molecule has 0 radical (unpaired) electrons. The third-order valence-electron chi connectivity index (χ3n) is 6.53. The third kappa shape index (κ3) is 10.00. The van der Waals surface area contributed by atoms with Crippen molar-refractivity contribution in [3.8, 4) is 5.75 Å². The van der Waals surface area contributed by atoms with Gasteiger partial charge in [-0.05, 0) is 55.4 Å². The first-order valence-electron chi connectivity index (χ1n) is 12.6. The summed E-state index contributed by atoms with van der Waals surface area (Å²) in [6.45, 7) is 5.63. The summed E-state index contributed by atoms with van der Waals surface area (Å²) in [5.74, 6) is 2.48. The number of hydrogen-bond acceptors (Lipinski definition) is 3. The highest BCUT2D eigenvalue weighted by Gasteiger charge is 2.20. The highest BCUT2D eigenvalue weighted by Crippen LogP contribution is 2.34. The van der Waals surface area contributed by atoms with E-state index in [1.807, 2.05) is 12.1 Å². The Morgan fingerprint density at radius 2 is 1.37 bits per heavy atom. The van der Waals surface area contributed by atoms with E-state index in [9.17, 15) is 4.79 Å². The van der Waals surface area contributed by atoms with E-state index in [-0.39, 0.29) is 5.97 Å². The smallest absolute Gasteiger partial charge is 0.338 e. The Bertz CT molecular complexity index is 558. The standard InChI is InChI=1S/C27H44O3/c1-3-5-7-8-9-11-23-13-15-24(16-14-23)12-10-22-29-26-19-17-25(18-20-26)27(28)30-21-6-4-2/h17-20,23-24H,3-16,21-22H2,1-2H3. The molecule has 0 bridgehead atoms. The first-order chi connectivity index (χ1) is 14.7. The first-order valence-corrected chi connectivity index (χ1v) is 12.6. The molecule has 0 unspecified atom stereocenters. The molecule has 0 saturated heterocycles. The lowest BCUT2D eigenvalue weighted by Crippen LogP contribution is -2.15. The SMILES string of the molecule is CCCCCCCC1CCC(CCCOc2ccc(C(=O)OCCCC)cc2)CC1. The maximum absolute atomic E-state index is 11.9. The molecule has 3 nitrogen and oxygen atoms in total. The van der Waals surface area contributed by atoms with Crippen LogP contribution in [0.4, 0.5) is 0 Å². The van der Waals surface area contributed by atoms with E-state index in [1.165, 1.54) is 70.6 Å². The molecule has 30 heavy (non-hydrogen) atoms. The van der Waals surface area contributed by atoms with E-state index in [2.05, 4.69) is 13.8 Å². The van der Waals surface area contributed by atoms with E-state index in [0.717, 1.165) is 43.5 Å². The lowest BCUT2D eigenvalue weighted by atomic mass is 9.78. The Balaban J connectivity index is 1.53. The number of unbranched alkanes of at least 4 members (excludes halogenated alkanes) is 5. The lowest BCUT2D eigenvalue weighted by Gasteiger charge is -2.28. The van der Waals surface area contributed by atoms with Gasteiger partial charge in [-0.25, -0.2) is 4.79 Å². The Morgan fingerprint density at radius 3 is 2.00 bits per heavy atom. The normalized spacial score (nSPS) is 18.9. The van der Waals surface area contributed by atoms with E-state index in [0.29, 0.717) is 12.2 Å². The van der Waals surface area contributed by atoms with Gasteiger partial charge in [0.05, 0.1) is 18.8 Å². The molecule has 0 N–H and O–H groups in total. The number of ether oxygens (including phenoxy) is 2.